The number of ketones is 2. The number of carbonyl (C=O) groups excluding carboxylic acids is 2. The van der Waals surface area contributed by atoms with Crippen LogP contribution in [0, 0.1) is 6.92 Å². The van der Waals surface area contributed by atoms with Crippen LogP contribution in [0.4, 0.5) is 0 Å². The van der Waals surface area contributed by atoms with Crippen molar-refractivity contribution >= 4 is 51.6 Å². The van der Waals surface area contributed by atoms with E-state index < -0.39 is 8.07 Å². The van der Waals surface area contributed by atoms with Gasteiger partial charge in [0.15, 0.2) is 11.6 Å². The maximum Gasteiger partial charge on any atom is 0.194 e. The molecule has 7 aromatic carbocycles. The zero-order chi connectivity index (χ0) is 31.3. The Morgan fingerprint density at radius 3 is 1.80 bits per heavy atom. The summed E-state index contributed by atoms with van der Waals surface area (Å²) in [5.74, 6) is -0.144. The van der Waals surface area contributed by atoms with Crippen molar-refractivity contribution in [2.45, 2.75) is 20.0 Å². The zero-order valence-electron chi connectivity index (χ0n) is 25.9. The highest BCUT2D eigenvalue weighted by molar-refractivity contribution is 7.04. The smallest absolute Gasteiger partial charge is 0.194 e. The molecule has 0 radical (unpaired) electrons. The predicted octanol–water partition coefficient (Wildman–Crippen LogP) is 9.21. The molecule has 2 nitrogen and oxygen atoms in total. The first kappa shape index (κ1) is 27.0. The Bertz CT molecular complexity index is 2500. The predicted molar refractivity (Wildman–Crippen MR) is 193 cm³/mol. The largest absolute Gasteiger partial charge is 0.289 e. The summed E-state index contributed by atoms with van der Waals surface area (Å²) in [4.78, 5) is 28.3. The highest BCUT2D eigenvalue weighted by Crippen LogP contribution is 2.39. The summed E-state index contributed by atoms with van der Waals surface area (Å²) in [7, 11) is -2.18. The molecule has 0 saturated carbocycles. The molecular weight excluding hydrogens is 577 g/mol. The van der Waals surface area contributed by atoms with E-state index in [9.17, 15) is 9.59 Å². The third-order valence-electron chi connectivity index (χ3n) is 10.4. The lowest BCUT2D eigenvalue weighted by Crippen LogP contribution is -2.49. The topological polar surface area (TPSA) is 34.1 Å². The highest BCUT2D eigenvalue weighted by Gasteiger charge is 2.41. The number of fused-ring (bicyclic) bond motifs is 7. The van der Waals surface area contributed by atoms with E-state index in [1.54, 1.807) is 0 Å². The molecule has 46 heavy (non-hydrogen) atoms. The van der Waals surface area contributed by atoms with Crippen LogP contribution < -0.4 is 10.4 Å². The Morgan fingerprint density at radius 2 is 0.978 bits per heavy atom. The molecule has 3 heteroatoms. The van der Waals surface area contributed by atoms with Crippen LogP contribution in [0.2, 0.25) is 13.1 Å². The van der Waals surface area contributed by atoms with E-state index in [1.165, 1.54) is 43.4 Å². The summed E-state index contributed by atoms with van der Waals surface area (Å²) >= 11 is 0. The molecule has 0 aromatic heterocycles. The maximum atomic E-state index is 14.2. The van der Waals surface area contributed by atoms with Crippen LogP contribution in [0.25, 0.3) is 54.9 Å². The quantitative estimate of drug-likeness (QED) is 0.184. The van der Waals surface area contributed by atoms with Gasteiger partial charge in [0.25, 0.3) is 0 Å². The summed E-state index contributed by atoms with van der Waals surface area (Å²) in [5, 5.41) is 7.37. The van der Waals surface area contributed by atoms with Gasteiger partial charge in [-0.25, -0.2) is 0 Å². The fourth-order valence-corrected chi connectivity index (χ4v) is 11.0. The minimum Gasteiger partial charge on any atom is -0.289 e. The average molecular weight is 607 g/mol. The average Bonchev–Trinajstić information content (AvgIpc) is 3.31. The molecule has 0 fully saturated rings. The van der Waals surface area contributed by atoms with E-state index in [-0.39, 0.29) is 11.6 Å². The normalized spacial score (nSPS) is 14.2. The Balaban J connectivity index is 1.16. The van der Waals surface area contributed by atoms with Gasteiger partial charge in [-0.15, -0.1) is 0 Å². The number of aryl methyl sites for hydroxylation is 1. The molecule has 0 amide bonds. The first-order valence-electron chi connectivity index (χ1n) is 15.8. The van der Waals surface area contributed by atoms with Crippen molar-refractivity contribution in [1.82, 2.24) is 0 Å². The Morgan fingerprint density at radius 1 is 0.413 bits per heavy atom. The first-order valence-corrected chi connectivity index (χ1v) is 18.8. The van der Waals surface area contributed by atoms with Crippen molar-refractivity contribution in [2.24, 2.45) is 0 Å². The van der Waals surface area contributed by atoms with Gasteiger partial charge in [-0.3, -0.25) is 9.59 Å². The Labute approximate surface area is 269 Å². The lowest BCUT2D eigenvalue weighted by atomic mass is 9.81. The van der Waals surface area contributed by atoms with Gasteiger partial charge < -0.3 is 0 Å². The third kappa shape index (κ3) is 3.69. The summed E-state index contributed by atoms with van der Waals surface area (Å²) < 4.78 is 0. The minimum atomic E-state index is -2.18. The Kier molecular flexibility index (Phi) is 5.60. The van der Waals surface area contributed by atoms with E-state index >= 15 is 0 Å². The number of carbonyl (C=O) groups is 2. The number of hydrogen-bond donors (Lipinski definition) is 0. The van der Waals surface area contributed by atoms with Crippen LogP contribution in [0.5, 0.6) is 0 Å². The van der Waals surface area contributed by atoms with Gasteiger partial charge in [-0.2, -0.15) is 0 Å². The second kappa shape index (κ2) is 9.56. The Hall–Kier alpha value is -5.38. The van der Waals surface area contributed by atoms with Crippen LogP contribution in [0.1, 0.15) is 37.4 Å². The van der Waals surface area contributed by atoms with Gasteiger partial charge in [-0.05, 0) is 96.0 Å². The SMILES string of the molecule is Cc1ccc(-c2ccc3c(c2)[Si](C)(C)c2cc4c(cc2-3)C(=O)c2ccc(-c3cccc5ccccc35)cc2C4=O)c2ccccc12. The fourth-order valence-electron chi connectivity index (χ4n) is 7.89. The third-order valence-corrected chi connectivity index (χ3v) is 13.9. The van der Waals surface area contributed by atoms with Crippen LogP contribution in [0.3, 0.4) is 0 Å². The number of rotatable bonds is 2. The monoisotopic (exact) mass is 606 g/mol. The molecule has 0 unspecified atom stereocenters. The molecular formula is C43H30O2Si. The molecule has 0 spiro atoms. The second-order valence-corrected chi connectivity index (χ2v) is 17.6. The molecule has 1 aliphatic carbocycles. The molecule has 0 saturated heterocycles. The van der Waals surface area contributed by atoms with Crippen molar-refractivity contribution in [3.05, 3.63) is 155 Å². The summed E-state index contributed by atoms with van der Waals surface area (Å²) in [6.07, 6.45) is 0. The molecule has 7 aromatic rings. The van der Waals surface area contributed by atoms with Crippen molar-refractivity contribution in [1.29, 1.82) is 0 Å². The second-order valence-electron chi connectivity index (χ2n) is 13.2. The number of hydrogen-bond acceptors (Lipinski definition) is 2. The van der Waals surface area contributed by atoms with Crippen molar-refractivity contribution < 1.29 is 9.59 Å². The fraction of sp³-hybridized carbons (Fsp3) is 0.0698. The van der Waals surface area contributed by atoms with Crippen LogP contribution in [-0.4, -0.2) is 19.6 Å². The lowest BCUT2D eigenvalue weighted by molar-refractivity contribution is 0.0979. The molecule has 0 atom stereocenters. The van der Waals surface area contributed by atoms with E-state index in [0.717, 1.165) is 27.5 Å². The molecule has 1 aliphatic heterocycles. The zero-order valence-corrected chi connectivity index (χ0v) is 26.9. The summed E-state index contributed by atoms with van der Waals surface area (Å²) in [5.41, 5.74) is 10.0. The maximum absolute atomic E-state index is 14.2. The van der Waals surface area contributed by atoms with E-state index in [0.29, 0.717) is 22.3 Å². The van der Waals surface area contributed by atoms with Gasteiger partial charge in [0, 0.05) is 22.3 Å². The molecule has 1 heterocycles. The molecule has 0 bridgehead atoms. The van der Waals surface area contributed by atoms with Gasteiger partial charge in [-0.1, -0.05) is 122 Å². The highest BCUT2D eigenvalue weighted by atomic mass is 28.3. The van der Waals surface area contributed by atoms with E-state index in [4.69, 9.17) is 0 Å². The van der Waals surface area contributed by atoms with Crippen LogP contribution in [-0.2, 0) is 0 Å². The van der Waals surface area contributed by atoms with Gasteiger partial charge >= 0.3 is 0 Å². The van der Waals surface area contributed by atoms with Crippen LogP contribution >= 0.6 is 0 Å². The van der Waals surface area contributed by atoms with Crippen molar-refractivity contribution in [3.63, 3.8) is 0 Å². The van der Waals surface area contributed by atoms with E-state index in [2.05, 4.69) is 105 Å². The van der Waals surface area contributed by atoms with Crippen molar-refractivity contribution in [2.75, 3.05) is 0 Å². The van der Waals surface area contributed by atoms with Gasteiger partial charge in [0.1, 0.15) is 8.07 Å². The standard InChI is InChI=1S/C43H30O2Si/c1-25-15-18-32(33-13-7-6-11-29(25)33)28-16-19-34-36-23-38-39(24-41(36)46(2,3)40(34)22-28)43(45)37-21-27(17-20-35(37)42(38)44)31-14-8-10-26-9-4-5-12-30(26)31/h4-24H,1-3H3. The number of benzene rings is 7. The summed E-state index contributed by atoms with van der Waals surface area (Å²) in [6, 6.07) is 44.1. The van der Waals surface area contributed by atoms with Gasteiger partial charge in [0.05, 0.1) is 0 Å². The van der Waals surface area contributed by atoms with Crippen LogP contribution in [0.15, 0.2) is 127 Å². The molecule has 0 N–H and O–H groups in total. The first-order chi connectivity index (χ1) is 22.3. The minimum absolute atomic E-state index is 0.0675. The van der Waals surface area contributed by atoms with Crippen molar-refractivity contribution in [3.8, 4) is 33.4 Å². The van der Waals surface area contributed by atoms with Gasteiger partial charge in [0.2, 0.25) is 0 Å². The van der Waals surface area contributed by atoms with E-state index in [1.807, 2.05) is 42.5 Å². The lowest BCUT2D eigenvalue weighted by Gasteiger charge is -2.23. The summed E-state index contributed by atoms with van der Waals surface area (Å²) in [6.45, 7) is 6.89. The molecule has 9 rings (SSSR count). The molecule has 218 valence electrons. The molecule has 2 aliphatic rings.